The first-order valence-electron chi connectivity index (χ1n) is 9.20. The van der Waals surface area contributed by atoms with Crippen molar-refractivity contribution in [3.05, 3.63) is 24.2 Å². The van der Waals surface area contributed by atoms with Crippen LogP contribution in [0.15, 0.2) is 33.1 Å². The van der Waals surface area contributed by atoms with Gasteiger partial charge in [0.25, 0.3) is 0 Å². The fraction of sp³-hybridized carbons (Fsp3) is 0.647. The van der Waals surface area contributed by atoms with Crippen molar-refractivity contribution in [2.75, 3.05) is 13.1 Å². The van der Waals surface area contributed by atoms with Gasteiger partial charge in [-0.25, -0.2) is 4.98 Å². The number of furan rings is 1. The molecule has 8 heteroatoms. The van der Waals surface area contributed by atoms with Gasteiger partial charge in [0.2, 0.25) is 0 Å². The number of hydrazine groups is 1. The topological polar surface area (TPSA) is 82.0 Å². The highest BCUT2D eigenvalue weighted by molar-refractivity contribution is 7.99. The van der Waals surface area contributed by atoms with Crippen LogP contribution in [0.4, 0.5) is 0 Å². The van der Waals surface area contributed by atoms with Gasteiger partial charge in [-0.05, 0) is 49.1 Å². The lowest BCUT2D eigenvalue weighted by Gasteiger charge is -2.40. The van der Waals surface area contributed by atoms with E-state index in [1.165, 1.54) is 43.8 Å². The standard InChI is InChI=1S/C17H24N6OS/c1-2-11(3-1)16-13-9-23(7-6-14(13)20-21-16)8-12-4-5-15(24-12)25-17-18-10-19-22-17/h4-5,10-11,13-14,16,20-21H,1-3,6-9H2,(H,18,19,22). The molecular weight excluding hydrogens is 336 g/mol. The van der Waals surface area contributed by atoms with Gasteiger partial charge in [-0.15, -0.1) is 0 Å². The van der Waals surface area contributed by atoms with Crippen LogP contribution in [0.5, 0.6) is 0 Å². The summed E-state index contributed by atoms with van der Waals surface area (Å²) in [5.41, 5.74) is 7.15. The number of aromatic nitrogens is 3. The van der Waals surface area contributed by atoms with Crippen molar-refractivity contribution >= 4 is 11.8 Å². The summed E-state index contributed by atoms with van der Waals surface area (Å²) in [6, 6.07) is 5.39. The fourth-order valence-corrected chi connectivity index (χ4v) is 5.05. The summed E-state index contributed by atoms with van der Waals surface area (Å²) in [4.78, 5) is 6.67. The lowest BCUT2D eigenvalue weighted by atomic mass is 9.73. The Morgan fingerprint density at radius 2 is 2.20 bits per heavy atom. The Bertz CT molecular complexity index is 700. The van der Waals surface area contributed by atoms with Gasteiger partial charge < -0.3 is 4.42 Å². The highest BCUT2D eigenvalue weighted by Gasteiger charge is 2.44. The van der Waals surface area contributed by atoms with Crippen LogP contribution in [0.1, 0.15) is 31.4 Å². The lowest BCUT2D eigenvalue weighted by molar-refractivity contribution is 0.111. The van der Waals surface area contributed by atoms with Crippen LogP contribution in [-0.2, 0) is 6.54 Å². The minimum absolute atomic E-state index is 0.635. The Morgan fingerprint density at radius 3 is 3.00 bits per heavy atom. The molecule has 134 valence electrons. The van der Waals surface area contributed by atoms with Gasteiger partial charge >= 0.3 is 0 Å². The van der Waals surface area contributed by atoms with E-state index in [4.69, 9.17) is 4.42 Å². The maximum Gasteiger partial charge on any atom is 0.191 e. The quantitative estimate of drug-likeness (QED) is 0.752. The number of rotatable bonds is 5. The molecule has 2 aromatic rings. The summed E-state index contributed by atoms with van der Waals surface area (Å²) >= 11 is 1.47. The Hall–Kier alpha value is -1.35. The zero-order valence-electron chi connectivity index (χ0n) is 14.1. The van der Waals surface area contributed by atoms with Crippen molar-refractivity contribution in [2.45, 2.75) is 54.6 Å². The van der Waals surface area contributed by atoms with Crippen LogP contribution in [0.3, 0.4) is 0 Å². The van der Waals surface area contributed by atoms with Crippen molar-refractivity contribution in [1.29, 1.82) is 0 Å². The van der Waals surface area contributed by atoms with E-state index in [9.17, 15) is 0 Å². The SMILES string of the molecule is c1n[nH]c(Sc2ccc(CN3CCC4NNC(C5CCC5)C4C3)o2)n1. The van der Waals surface area contributed by atoms with Crippen molar-refractivity contribution in [3.8, 4) is 0 Å². The zero-order valence-corrected chi connectivity index (χ0v) is 15.0. The van der Waals surface area contributed by atoms with Gasteiger partial charge in [0.1, 0.15) is 12.1 Å². The molecule has 3 unspecified atom stereocenters. The third-order valence-electron chi connectivity index (χ3n) is 5.90. The molecule has 2 aliphatic heterocycles. The minimum atomic E-state index is 0.635. The van der Waals surface area contributed by atoms with Crippen molar-refractivity contribution in [1.82, 2.24) is 30.9 Å². The molecule has 1 aliphatic carbocycles. The number of piperidine rings is 1. The van der Waals surface area contributed by atoms with E-state index in [0.717, 1.165) is 47.5 Å². The predicted molar refractivity (Wildman–Crippen MR) is 93.8 cm³/mol. The summed E-state index contributed by atoms with van der Waals surface area (Å²) in [5.74, 6) is 2.62. The Balaban J connectivity index is 1.20. The van der Waals surface area contributed by atoms with E-state index >= 15 is 0 Å². The molecule has 2 saturated heterocycles. The third kappa shape index (κ3) is 3.23. The van der Waals surface area contributed by atoms with E-state index < -0.39 is 0 Å². The highest BCUT2D eigenvalue weighted by atomic mass is 32.2. The first-order chi connectivity index (χ1) is 12.3. The van der Waals surface area contributed by atoms with Crippen LogP contribution in [-0.4, -0.2) is 45.3 Å². The van der Waals surface area contributed by atoms with E-state index in [1.54, 1.807) is 0 Å². The molecule has 3 atom stereocenters. The van der Waals surface area contributed by atoms with Crippen molar-refractivity contribution < 1.29 is 4.42 Å². The van der Waals surface area contributed by atoms with E-state index in [-0.39, 0.29) is 0 Å². The Kier molecular flexibility index (Phi) is 4.29. The lowest BCUT2D eigenvalue weighted by Crippen LogP contribution is -2.48. The second-order valence-corrected chi connectivity index (χ2v) is 8.41. The molecule has 3 fully saturated rings. The summed E-state index contributed by atoms with van der Waals surface area (Å²) in [7, 11) is 0. The van der Waals surface area contributed by atoms with Crippen molar-refractivity contribution in [3.63, 3.8) is 0 Å². The number of fused-ring (bicyclic) bond motifs is 1. The normalized spacial score (nSPS) is 30.3. The van der Waals surface area contributed by atoms with Crippen LogP contribution in [0, 0.1) is 11.8 Å². The molecule has 3 N–H and O–H groups in total. The van der Waals surface area contributed by atoms with E-state index in [1.807, 2.05) is 6.07 Å². The second kappa shape index (κ2) is 6.75. The second-order valence-electron chi connectivity index (χ2n) is 7.41. The molecule has 0 bridgehead atoms. The predicted octanol–water partition coefficient (Wildman–Crippen LogP) is 2.02. The molecule has 1 saturated carbocycles. The summed E-state index contributed by atoms with van der Waals surface area (Å²) in [6.07, 6.45) is 6.91. The molecule has 3 aliphatic rings. The molecule has 25 heavy (non-hydrogen) atoms. The number of H-pyrrole nitrogens is 1. The average molecular weight is 360 g/mol. The van der Waals surface area contributed by atoms with Crippen LogP contribution < -0.4 is 10.9 Å². The highest BCUT2D eigenvalue weighted by Crippen LogP contribution is 2.38. The first kappa shape index (κ1) is 15.9. The van der Waals surface area contributed by atoms with Gasteiger partial charge in [-0.3, -0.25) is 20.9 Å². The van der Waals surface area contributed by atoms with Gasteiger partial charge in [-0.2, -0.15) is 5.10 Å². The summed E-state index contributed by atoms with van der Waals surface area (Å²) < 4.78 is 5.98. The fourth-order valence-electron chi connectivity index (χ4n) is 4.37. The van der Waals surface area contributed by atoms with E-state index in [2.05, 4.69) is 37.0 Å². The molecule has 0 spiro atoms. The van der Waals surface area contributed by atoms with Crippen molar-refractivity contribution in [2.24, 2.45) is 11.8 Å². The number of hydrogen-bond acceptors (Lipinski definition) is 7. The molecule has 4 heterocycles. The zero-order chi connectivity index (χ0) is 16.6. The smallest absolute Gasteiger partial charge is 0.191 e. The Morgan fingerprint density at radius 1 is 1.24 bits per heavy atom. The van der Waals surface area contributed by atoms with Crippen LogP contribution >= 0.6 is 11.8 Å². The summed E-state index contributed by atoms with van der Waals surface area (Å²) in [6.45, 7) is 3.16. The average Bonchev–Trinajstić information content (AvgIpc) is 3.29. The number of aromatic amines is 1. The summed E-state index contributed by atoms with van der Waals surface area (Å²) in [5, 5.41) is 8.33. The number of nitrogens with one attached hydrogen (secondary N) is 3. The third-order valence-corrected chi connectivity index (χ3v) is 6.71. The van der Waals surface area contributed by atoms with Crippen LogP contribution in [0.2, 0.25) is 0 Å². The molecular formula is C17H24N6OS. The molecule has 2 aromatic heterocycles. The molecule has 0 amide bonds. The molecule has 0 aromatic carbocycles. The van der Waals surface area contributed by atoms with Gasteiger partial charge in [0, 0.05) is 31.1 Å². The van der Waals surface area contributed by atoms with Gasteiger partial charge in [0.05, 0.1) is 6.54 Å². The van der Waals surface area contributed by atoms with E-state index in [0.29, 0.717) is 12.1 Å². The first-order valence-corrected chi connectivity index (χ1v) is 10.0. The number of nitrogens with zero attached hydrogens (tertiary/aromatic N) is 3. The number of hydrogen-bond donors (Lipinski definition) is 3. The molecule has 5 rings (SSSR count). The monoisotopic (exact) mass is 360 g/mol. The Labute approximate surface area is 151 Å². The van der Waals surface area contributed by atoms with Gasteiger partial charge in [0.15, 0.2) is 10.2 Å². The molecule has 0 radical (unpaired) electrons. The number of likely N-dealkylation sites (tertiary alicyclic amines) is 1. The maximum atomic E-state index is 5.98. The van der Waals surface area contributed by atoms with Crippen LogP contribution in [0.25, 0.3) is 0 Å². The maximum absolute atomic E-state index is 5.98. The minimum Gasteiger partial charge on any atom is -0.453 e. The van der Waals surface area contributed by atoms with Gasteiger partial charge in [-0.1, -0.05) is 6.42 Å². The largest absolute Gasteiger partial charge is 0.453 e. The molecule has 7 nitrogen and oxygen atoms in total.